The van der Waals surface area contributed by atoms with Crippen LogP contribution in [0.5, 0.6) is 0 Å². The van der Waals surface area contributed by atoms with Crippen molar-refractivity contribution in [3.63, 3.8) is 0 Å². The Hall–Kier alpha value is -4.40. The third-order valence-electron chi connectivity index (χ3n) is 10.1. The molecule has 2 aromatic rings. The highest BCUT2D eigenvalue weighted by Gasteiger charge is 2.39. The van der Waals surface area contributed by atoms with Gasteiger partial charge in [-0.25, -0.2) is 4.79 Å². The van der Waals surface area contributed by atoms with Crippen LogP contribution in [0, 0.1) is 11.8 Å². The second-order valence-corrected chi connectivity index (χ2v) is 13.3. The molecule has 11 heteroatoms. The zero-order valence-corrected chi connectivity index (χ0v) is 27.5. The summed E-state index contributed by atoms with van der Waals surface area (Å²) in [6.45, 7) is 3.84. The lowest BCUT2D eigenvalue weighted by Gasteiger charge is -2.35. The summed E-state index contributed by atoms with van der Waals surface area (Å²) in [7, 11) is 0. The van der Waals surface area contributed by atoms with E-state index in [-0.39, 0.29) is 30.3 Å². The number of hydrogen-bond acceptors (Lipinski definition) is 7. The van der Waals surface area contributed by atoms with Crippen molar-refractivity contribution in [1.29, 1.82) is 0 Å². The quantitative estimate of drug-likeness (QED) is 0.141. The maximum absolute atomic E-state index is 12.9. The highest BCUT2D eigenvalue weighted by molar-refractivity contribution is 6.05. The number of rotatable bonds is 9. The normalized spacial score (nSPS) is 22.9. The average molecular weight is 655 g/mol. The van der Waals surface area contributed by atoms with Crippen molar-refractivity contribution in [3.8, 4) is 11.8 Å². The molecule has 0 aromatic heterocycles. The average Bonchev–Trinajstić information content (AvgIpc) is 3.42. The summed E-state index contributed by atoms with van der Waals surface area (Å²) in [4.78, 5) is 53.0. The molecule has 1 atom stereocenters. The molecular weight excluding hydrogens is 608 g/mol. The van der Waals surface area contributed by atoms with Gasteiger partial charge in [0.1, 0.15) is 6.04 Å². The topological polar surface area (TPSA) is 146 Å². The molecule has 3 heterocycles. The number of hydrogen-bond donors (Lipinski definition) is 4. The predicted octanol–water partition coefficient (Wildman–Crippen LogP) is 3.28. The van der Waals surface area contributed by atoms with Crippen molar-refractivity contribution in [2.24, 2.45) is 0 Å². The first kappa shape index (κ1) is 33.5. The fraction of sp³-hybridized carbons (Fsp3) is 0.514. The van der Waals surface area contributed by atoms with E-state index in [1.54, 1.807) is 11.0 Å². The van der Waals surface area contributed by atoms with Gasteiger partial charge in [-0.3, -0.25) is 19.7 Å². The minimum Gasteiger partial charge on any atom is -0.399 e. The van der Waals surface area contributed by atoms with Gasteiger partial charge in [-0.15, -0.1) is 0 Å². The zero-order valence-electron chi connectivity index (χ0n) is 27.5. The van der Waals surface area contributed by atoms with Crippen LogP contribution in [0.2, 0.25) is 0 Å². The van der Waals surface area contributed by atoms with Crippen LogP contribution in [0.25, 0.3) is 0 Å². The zero-order chi connectivity index (χ0) is 33.5. The highest BCUT2D eigenvalue weighted by Crippen LogP contribution is 2.30. The maximum atomic E-state index is 12.9. The molecule has 0 radical (unpaired) electrons. The summed E-state index contributed by atoms with van der Waals surface area (Å²) in [6.07, 6.45) is 7.18. The largest absolute Gasteiger partial charge is 0.399 e. The third-order valence-corrected chi connectivity index (χ3v) is 10.1. The Kier molecular flexibility index (Phi) is 10.9. The number of nitrogen functional groups attached to an aromatic ring is 1. The lowest BCUT2D eigenvalue weighted by atomic mass is 9.89. The molecule has 2 aromatic carbocycles. The molecule has 254 valence electrons. The van der Waals surface area contributed by atoms with Gasteiger partial charge < -0.3 is 30.9 Å². The number of carbonyl (C=O) groups is 4. The number of ether oxygens (including phenoxy) is 1. The number of benzene rings is 2. The molecule has 3 fully saturated rings. The van der Waals surface area contributed by atoms with Gasteiger partial charge in [0.15, 0.2) is 0 Å². The van der Waals surface area contributed by atoms with E-state index in [2.05, 4.69) is 39.9 Å². The van der Waals surface area contributed by atoms with Crippen molar-refractivity contribution in [1.82, 2.24) is 25.8 Å². The fourth-order valence-corrected chi connectivity index (χ4v) is 7.27. The van der Waals surface area contributed by atoms with E-state index in [4.69, 9.17) is 10.5 Å². The Balaban J connectivity index is 0.819. The minimum atomic E-state index is -0.618. The molecule has 11 nitrogen and oxygen atoms in total. The van der Waals surface area contributed by atoms with Crippen LogP contribution >= 0.6 is 0 Å². The molecular formula is C37H46N6O5. The first-order chi connectivity index (χ1) is 23.3. The van der Waals surface area contributed by atoms with Gasteiger partial charge in [0.25, 0.3) is 5.91 Å². The minimum absolute atomic E-state index is 0.0707. The number of carbonyl (C=O) groups excluding carboxylic acids is 4. The first-order valence-corrected chi connectivity index (χ1v) is 17.3. The molecule has 1 saturated carbocycles. The maximum Gasteiger partial charge on any atom is 0.317 e. The van der Waals surface area contributed by atoms with Crippen LogP contribution in [-0.4, -0.2) is 84.5 Å². The first-order valence-electron chi connectivity index (χ1n) is 17.3. The van der Waals surface area contributed by atoms with Gasteiger partial charge in [-0.05, 0) is 92.3 Å². The van der Waals surface area contributed by atoms with Crippen molar-refractivity contribution >= 4 is 29.4 Å². The molecule has 0 bridgehead atoms. The summed E-state index contributed by atoms with van der Waals surface area (Å²) in [5.74, 6) is 5.90. The summed E-state index contributed by atoms with van der Waals surface area (Å²) >= 11 is 0. The molecule has 48 heavy (non-hydrogen) atoms. The molecule has 1 aliphatic carbocycles. The number of imide groups is 1. The van der Waals surface area contributed by atoms with Crippen molar-refractivity contribution in [2.45, 2.75) is 88.4 Å². The number of amides is 5. The van der Waals surface area contributed by atoms with Crippen LogP contribution in [0.4, 0.5) is 10.5 Å². The Labute approximate surface area is 282 Å². The van der Waals surface area contributed by atoms with Crippen molar-refractivity contribution in [3.05, 3.63) is 64.7 Å². The fourth-order valence-electron chi connectivity index (χ4n) is 7.27. The molecule has 6 rings (SSSR count). The SMILES string of the molecule is Nc1ccc(C2CCN(C(=O)NC3CCC(NCCOCCC#Cc4ccc5c(c4)CN(C4CCC(=O)NC4=O)C5=O)CC3)CC2)cc1. The summed E-state index contributed by atoms with van der Waals surface area (Å²) in [5, 5.41) is 9.20. The number of nitrogens with two attached hydrogens (primary N) is 1. The van der Waals surface area contributed by atoms with E-state index < -0.39 is 11.9 Å². The molecule has 5 amide bonds. The standard InChI is InChI=1S/C37H46N6O5/c38-29-7-5-26(6-8-29)27-16-19-42(20-17-27)37(47)40-31-11-9-30(10-12-31)39-18-22-48-21-2-1-3-25-4-13-32-28(23-25)24-43(36(32)46)33-14-15-34(44)41-35(33)45/h4-8,13,23,27,30-31,33,39H,2,9-12,14-22,24,38H2,(H,40,47)(H,41,44,45). The van der Waals surface area contributed by atoms with Gasteiger partial charge >= 0.3 is 6.03 Å². The number of nitrogens with zero attached hydrogens (tertiary/aromatic N) is 2. The summed E-state index contributed by atoms with van der Waals surface area (Å²) < 4.78 is 5.79. The van der Waals surface area contributed by atoms with Crippen LogP contribution < -0.4 is 21.7 Å². The lowest BCUT2D eigenvalue weighted by Crippen LogP contribution is -2.52. The van der Waals surface area contributed by atoms with E-state index in [1.165, 1.54) is 5.56 Å². The molecule has 1 unspecified atom stereocenters. The van der Waals surface area contributed by atoms with Gasteiger partial charge in [-0.2, -0.15) is 0 Å². The van der Waals surface area contributed by atoms with E-state index in [0.717, 1.165) is 75.0 Å². The third kappa shape index (κ3) is 8.35. The Morgan fingerprint density at radius 1 is 0.938 bits per heavy atom. The van der Waals surface area contributed by atoms with Crippen molar-refractivity contribution in [2.75, 3.05) is 38.6 Å². The monoisotopic (exact) mass is 654 g/mol. The number of nitrogens with one attached hydrogen (secondary N) is 3. The van der Waals surface area contributed by atoms with Gasteiger partial charge in [-0.1, -0.05) is 24.0 Å². The second kappa shape index (κ2) is 15.7. The van der Waals surface area contributed by atoms with E-state index >= 15 is 0 Å². The Morgan fingerprint density at radius 3 is 2.44 bits per heavy atom. The number of fused-ring (bicyclic) bond motifs is 1. The van der Waals surface area contributed by atoms with Crippen LogP contribution in [0.15, 0.2) is 42.5 Å². The van der Waals surface area contributed by atoms with Crippen LogP contribution in [-0.2, 0) is 20.9 Å². The molecule has 5 N–H and O–H groups in total. The van der Waals surface area contributed by atoms with Gasteiger partial charge in [0.2, 0.25) is 11.8 Å². The Morgan fingerprint density at radius 2 is 1.69 bits per heavy atom. The van der Waals surface area contributed by atoms with E-state index in [1.807, 2.05) is 29.2 Å². The van der Waals surface area contributed by atoms with Crippen LogP contribution in [0.3, 0.4) is 0 Å². The molecule has 4 aliphatic rings. The molecule has 3 aliphatic heterocycles. The number of piperidine rings is 2. The van der Waals surface area contributed by atoms with Gasteiger partial charge in [0.05, 0.1) is 13.2 Å². The Bertz CT molecular complexity index is 1550. The van der Waals surface area contributed by atoms with Gasteiger partial charge in [0, 0.05) is 67.9 Å². The van der Waals surface area contributed by atoms with E-state index in [9.17, 15) is 19.2 Å². The molecule has 0 spiro atoms. The van der Waals surface area contributed by atoms with Crippen LogP contribution in [0.1, 0.15) is 90.8 Å². The number of urea groups is 1. The second-order valence-electron chi connectivity index (χ2n) is 13.3. The summed E-state index contributed by atoms with van der Waals surface area (Å²) in [6, 6.07) is 13.8. The van der Waals surface area contributed by atoms with Crippen molar-refractivity contribution < 1.29 is 23.9 Å². The number of likely N-dealkylation sites (tertiary alicyclic amines) is 1. The van der Waals surface area contributed by atoms with E-state index in [0.29, 0.717) is 50.1 Å². The predicted molar refractivity (Wildman–Crippen MR) is 182 cm³/mol. The number of anilines is 1. The smallest absolute Gasteiger partial charge is 0.317 e. The molecule has 2 saturated heterocycles. The highest BCUT2D eigenvalue weighted by atomic mass is 16.5. The lowest BCUT2D eigenvalue weighted by molar-refractivity contribution is -0.136. The summed E-state index contributed by atoms with van der Waals surface area (Å²) in [5.41, 5.74) is 10.2.